The summed E-state index contributed by atoms with van der Waals surface area (Å²) in [6.45, 7) is 0. The van der Waals surface area contributed by atoms with E-state index in [9.17, 15) is 0 Å². The Bertz CT molecular complexity index is 2.00. The lowest BCUT2D eigenvalue weighted by Crippen LogP contribution is -1.29. The second kappa shape index (κ2) is 166. The Labute approximate surface area is 42.3 Å². The monoisotopic (exact) mass is 132 g/mol. The van der Waals surface area contributed by atoms with Gasteiger partial charge in [-0.1, -0.05) is 0 Å². The summed E-state index contributed by atoms with van der Waals surface area (Å²) in [6.07, 6.45) is 0. The van der Waals surface area contributed by atoms with Crippen LogP contribution in [0.4, 0.5) is 0 Å². The Morgan fingerprint density at radius 1 is 0.500 bits per heavy atom. The van der Waals surface area contributed by atoms with Gasteiger partial charge in [0.25, 0.3) is 0 Å². The van der Waals surface area contributed by atoms with Gasteiger partial charge in [-0.25, -0.2) is 0 Å². The number of hydrogen-bond acceptors (Lipinski definition) is 8. The van der Waals surface area contributed by atoms with Crippen molar-refractivity contribution < 1.29 is 21.0 Å². The van der Waals surface area contributed by atoms with Crippen molar-refractivity contribution in [3.05, 3.63) is 19.9 Å². The lowest BCUT2D eigenvalue weighted by Gasteiger charge is -1.25. The molecule has 0 saturated carbocycles. The SMILES string of the molecule is O=O.O=O.OO.OO. The third-order valence-electron chi connectivity index (χ3n) is 0. The first-order valence-corrected chi connectivity index (χ1v) is 0.733. The summed E-state index contributed by atoms with van der Waals surface area (Å²) < 4.78 is 0. The fraction of sp³-hybridized carbons (Fsp3) is 0. The van der Waals surface area contributed by atoms with Crippen molar-refractivity contribution in [2.24, 2.45) is 0 Å². The van der Waals surface area contributed by atoms with Gasteiger partial charge in [0.2, 0.25) is 0 Å². The van der Waals surface area contributed by atoms with Crippen LogP contribution in [0.2, 0.25) is 0 Å². The first-order chi connectivity index (χ1) is 4.00. The Morgan fingerprint density at radius 3 is 0.500 bits per heavy atom. The summed E-state index contributed by atoms with van der Waals surface area (Å²) in [5.74, 6) is 0. The first-order valence-electron chi connectivity index (χ1n) is 0.733. The lowest BCUT2D eigenvalue weighted by molar-refractivity contribution is -0.176. The van der Waals surface area contributed by atoms with Crippen LogP contribution in [0.5, 0.6) is 0 Å². The molecule has 0 fully saturated rings. The van der Waals surface area contributed by atoms with Gasteiger partial charge >= 0.3 is 0 Å². The molecule has 52 valence electrons. The number of hydrogen-bond donors (Lipinski definition) is 4. The third-order valence-corrected chi connectivity index (χ3v) is 0. The fourth-order valence-corrected chi connectivity index (χ4v) is 0. The van der Waals surface area contributed by atoms with Crippen LogP contribution >= 0.6 is 0 Å². The van der Waals surface area contributed by atoms with E-state index >= 15 is 0 Å². The standard InChI is InChI=1S/2H2O2.2O2/c4*1-2/h2*1-2H;;. The summed E-state index contributed by atoms with van der Waals surface area (Å²) in [7, 11) is 0. The van der Waals surface area contributed by atoms with Crippen molar-refractivity contribution in [1.29, 1.82) is 0 Å². The van der Waals surface area contributed by atoms with Gasteiger partial charge in [0.15, 0.2) is 0 Å². The van der Waals surface area contributed by atoms with Crippen molar-refractivity contribution in [2.45, 2.75) is 0 Å². The molecule has 0 spiro atoms. The predicted octanol–water partition coefficient (Wildman–Crippen LogP) is 0.169. The van der Waals surface area contributed by atoms with Crippen molar-refractivity contribution >= 4 is 0 Å². The smallest absolute Gasteiger partial charge is 0 e. The second-order valence-corrected chi connectivity index (χ2v) is 0. The minimum absolute atomic E-state index is 6.00. The molecule has 0 atom stereocenters. The van der Waals surface area contributed by atoms with Gasteiger partial charge in [-0.15, -0.1) is 0 Å². The molecule has 0 amide bonds. The molecule has 0 aromatic carbocycles. The third kappa shape index (κ3) is 89.3. The molecule has 0 bridgehead atoms. The Hall–Kier alpha value is -0.960. The van der Waals surface area contributed by atoms with Gasteiger partial charge in [0, 0.05) is 19.9 Å². The van der Waals surface area contributed by atoms with Gasteiger partial charge < -0.3 is 0 Å². The Morgan fingerprint density at radius 2 is 0.500 bits per heavy atom. The van der Waals surface area contributed by atoms with E-state index in [0.717, 1.165) is 0 Å². The maximum absolute atomic E-state index is 7.00. The van der Waals surface area contributed by atoms with E-state index in [0.29, 0.717) is 0 Å². The largest absolute Gasteiger partial charge is 0.255 e. The molecule has 0 aliphatic rings. The zero-order valence-electron chi connectivity index (χ0n) is 3.42. The Kier molecular flexibility index (Phi) is 578. The molecular weight excluding hydrogens is 128 g/mol. The highest BCUT2D eigenvalue weighted by atomic mass is 17.0. The van der Waals surface area contributed by atoms with Crippen LogP contribution < -0.4 is 0 Å². The highest BCUT2D eigenvalue weighted by Crippen LogP contribution is 0.743. The second-order valence-electron chi connectivity index (χ2n) is 0. The molecule has 0 aromatic heterocycles. The van der Waals surface area contributed by atoms with Gasteiger partial charge in [-0.05, 0) is 0 Å². The average molecular weight is 132 g/mol. The maximum atomic E-state index is 7.00. The zero-order chi connectivity index (χ0) is 8.00. The molecule has 4 N–H and O–H groups in total. The molecule has 0 rings (SSSR count). The van der Waals surface area contributed by atoms with E-state index in [1.807, 2.05) is 0 Å². The summed E-state index contributed by atoms with van der Waals surface area (Å²) >= 11 is 0. The van der Waals surface area contributed by atoms with Crippen LogP contribution in [0.25, 0.3) is 0 Å². The molecule has 8 nitrogen and oxygen atoms in total. The van der Waals surface area contributed by atoms with Crippen molar-refractivity contribution in [3.63, 3.8) is 0 Å². The van der Waals surface area contributed by atoms with E-state index in [1.165, 1.54) is 0 Å². The number of rotatable bonds is 0. The van der Waals surface area contributed by atoms with Crippen molar-refractivity contribution in [2.75, 3.05) is 0 Å². The van der Waals surface area contributed by atoms with Gasteiger partial charge in [0.1, 0.15) is 0 Å². The lowest BCUT2D eigenvalue weighted by atomic mass is 15.0. The summed E-state index contributed by atoms with van der Waals surface area (Å²) in [5.41, 5.74) is 0. The van der Waals surface area contributed by atoms with Crippen LogP contribution in [0.1, 0.15) is 0 Å². The van der Waals surface area contributed by atoms with Gasteiger partial charge in [-0.2, -0.15) is 0 Å². The predicted molar refractivity (Wildman–Crippen MR) is 24.0 cm³/mol. The highest BCUT2D eigenvalue weighted by molar-refractivity contribution is 4.08. The van der Waals surface area contributed by atoms with Crippen LogP contribution in [0.3, 0.4) is 0 Å². The minimum Gasteiger partial charge on any atom is -0.255 e. The van der Waals surface area contributed by atoms with Gasteiger partial charge in [0.05, 0.1) is 0 Å². The van der Waals surface area contributed by atoms with Crippen LogP contribution in [0, 0.1) is 19.9 Å². The van der Waals surface area contributed by atoms with Crippen molar-refractivity contribution in [3.8, 4) is 0 Å². The Balaban J connectivity index is -0.0000000133. The zero-order valence-corrected chi connectivity index (χ0v) is 3.42. The summed E-state index contributed by atoms with van der Waals surface area (Å²) in [5, 5.41) is 24.0. The maximum Gasteiger partial charge on any atom is 0 e. The molecule has 0 radical (unpaired) electrons. The molecule has 0 aliphatic carbocycles. The normalized spacial score (nSPS) is 2.50. The van der Waals surface area contributed by atoms with E-state index in [4.69, 9.17) is 40.9 Å². The van der Waals surface area contributed by atoms with E-state index in [2.05, 4.69) is 0 Å². The van der Waals surface area contributed by atoms with E-state index < -0.39 is 0 Å². The minimum atomic E-state index is 6.00. The van der Waals surface area contributed by atoms with Crippen LogP contribution in [0.15, 0.2) is 0 Å². The van der Waals surface area contributed by atoms with E-state index in [-0.39, 0.29) is 0 Å². The molecule has 8 heteroatoms. The molecule has 0 aromatic rings. The fourth-order valence-electron chi connectivity index (χ4n) is 0. The molecule has 0 aliphatic heterocycles. The first kappa shape index (κ1) is 27.8. The highest BCUT2D eigenvalue weighted by Gasteiger charge is 0.748. The average Bonchev–Trinajstić information content (AvgIpc) is 2.03. The molecule has 0 saturated heterocycles. The molecule has 8 heavy (non-hydrogen) atoms. The van der Waals surface area contributed by atoms with Crippen LogP contribution in [-0.2, 0) is 0 Å². The van der Waals surface area contributed by atoms with Crippen LogP contribution in [-0.4, -0.2) is 21.0 Å². The quantitative estimate of drug-likeness (QED) is 0.269. The summed E-state index contributed by atoms with van der Waals surface area (Å²) in [6, 6.07) is 0. The summed E-state index contributed by atoms with van der Waals surface area (Å²) in [4.78, 5) is 28.0. The van der Waals surface area contributed by atoms with Crippen molar-refractivity contribution in [1.82, 2.24) is 0 Å². The molecule has 0 unspecified atom stereocenters. The van der Waals surface area contributed by atoms with E-state index in [1.54, 1.807) is 0 Å². The van der Waals surface area contributed by atoms with Gasteiger partial charge in [-0.3, -0.25) is 21.0 Å². The topological polar surface area (TPSA) is 149 Å². The molecular formula is H4O8. The molecule has 0 heterocycles.